The molecule has 1 aliphatic heterocycles. The topological polar surface area (TPSA) is 92.8 Å². The summed E-state index contributed by atoms with van der Waals surface area (Å²) in [4.78, 5) is 31.0. The van der Waals surface area contributed by atoms with Gasteiger partial charge in [0.05, 0.1) is 23.2 Å². The van der Waals surface area contributed by atoms with Crippen molar-refractivity contribution in [3.63, 3.8) is 0 Å². The molecule has 9 nitrogen and oxygen atoms in total. The first-order valence-electron chi connectivity index (χ1n) is 12.9. The van der Waals surface area contributed by atoms with Gasteiger partial charge in [-0.2, -0.15) is 13.2 Å². The van der Waals surface area contributed by atoms with Gasteiger partial charge >= 0.3 is 12.1 Å². The third kappa shape index (κ3) is 5.91. The van der Waals surface area contributed by atoms with Crippen LogP contribution >= 0.6 is 0 Å². The number of carbonyl (C=O) groups is 2. The van der Waals surface area contributed by atoms with E-state index in [4.69, 9.17) is 14.6 Å². The van der Waals surface area contributed by atoms with Crippen molar-refractivity contribution in [2.24, 2.45) is 0 Å². The lowest BCUT2D eigenvalue weighted by molar-refractivity contribution is -0.192. The molecule has 3 aromatic heterocycles. The average Bonchev–Trinajstić information content (AvgIpc) is 3.46. The van der Waals surface area contributed by atoms with Crippen LogP contribution in [0, 0.1) is 0 Å². The zero-order chi connectivity index (χ0) is 29.0. The van der Waals surface area contributed by atoms with Gasteiger partial charge in [-0.1, -0.05) is 18.2 Å². The van der Waals surface area contributed by atoms with E-state index in [2.05, 4.69) is 63.2 Å². The van der Waals surface area contributed by atoms with E-state index in [0.717, 1.165) is 35.5 Å². The van der Waals surface area contributed by atoms with Gasteiger partial charge in [0.1, 0.15) is 5.69 Å². The van der Waals surface area contributed by atoms with Gasteiger partial charge in [-0.15, -0.1) is 0 Å². The summed E-state index contributed by atoms with van der Waals surface area (Å²) >= 11 is 0. The van der Waals surface area contributed by atoms with Crippen LogP contribution in [0.15, 0.2) is 54.9 Å². The highest BCUT2D eigenvalue weighted by molar-refractivity contribution is 6.10. The van der Waals surface area contributed by atoms with E-state index in [-0.39, 0.29) is 11.9 Å². The maximum Gasteiger partial charge on any atom is 0.490 e. The highest BCUT2D eigenvalue weighted by Crippen LogP contribution is 2.34. The molecule has 0 spiro atoms. The normalized spacial score (nSPS) is 14.1. The predicted octanol–water partition coefficient (Wildman–Crippen LogP) is 4.81. The van der Waals surface area contributed by atoms with E-state index in [1.807, 2.05) is 29.4 Å². The summed E-state index contributed by atoms with van der Waals surface area (Å²) in [6, 6.07) is 14.9. The molecule has 1 saturated heterocycles. The molecule has 0 aliphatic carbocycles. The predicted molar refractivity (Wildman–Crippen MR) is 146 cm³/mol. The van der Waals surface area contributed by atoms with Gasteiger partial charge in [0.15, 0.2) is 0 Å². The van der Waals surface area contributed by atoms with Crippen molar-refractivity contribution in [2.45, 2.75) is 32.6 Å². The summed E-state index contributed by atoms with van der Waals surface area (Å²) in [7, 11) is 1.71. The minimum Gasteiger partial charge on any atom is -0.475 e. The molecule has 0 atom stereocenters. The van der Waals surface area contributed by atoms with Gasteiger partial charge in [0.2, 0.25) is 0 Å². The number of piperazine rings is 1. The number of hydrogen-bond acceptors (Lipinski definition) is 5. The van der Waals surface area contributed by atoms with Crippen LogP contribution in [0.2, 0.25) is 0 Å². The van der Waals surface area contributed by atoms with Crippen LogP contribution < -0.4 is 4.90 Å². The average molecular weight is 560 g/mol. The summed E-state index contributed by atoms with van der Waals surface area (Å²) in [5.74, 6) is -2.66. The number of ether oxygens (including phenoxy) is 1. The van der Waals surface area contributed by atoms with E-state index < -0.39 is 12.1 Å². The minimum atomic E-state index is -5.08. The minimum absolute atomic E-state index is 0.0936. The summed E-state index contributed by atoms with van der Waals surface area (Å²) < 4.78 is 41.6. The number of nitrogens with zero attached hydrogens (tertiary/aromatic N) is 5. The summed E-state index contributed by atoms with van der Waals surface area (Å²) in [6.07, 6.45) is -1.45. The number of rotatable bonds is 6. The van der Waals surface area contributed by atoms with E-state index >= 15 is 0 Å². The van der Waals surface area contributed by atoms with Gasteiger partial charge in [-0.3, -0.25) is 9.78 Å². The molecule has 0 unspecified atom stereocenters. The zero-order valence-electron chi connectivity index (χ0n) is 22.6. The van der Waals surface area contributed by atoms with Crippen molar-refractivity contribution in [1.29, 1.82) is 0 Å². The Labute approximate surface area is 229 Å². The lowest BCUT2D eigenvalue weighted by Crippen LogP contribution is -2.49. The number of carboxylic acids is 1. The van der Waals surface area contributed by atoms with E-state index in [0.29, 0.717) is 26.2 Å². The van der Waals surface area contributed by atoms with Gasteiger partial charge in [-0.25, -0.2) is 4.79 Å². The maximum atomic E-state index is 13.7. The Hall–Kier alpha value is -4.06. The van der Waals surface area contributed by atoms with Gasteiger partial charge in [0.25, 0.3) is 5.91 Å². The van der Waals surface area contributed by atoms with E-state index in [9.17, 15) is 18.0 Å². The van der Waals surface area contributed by atoms with Gasteiger partial charge < -0.3 is 28.8 Å². The Kier molecular flexibility index (Phi) is 8.67. The molecule has 5 rings (SSSR count). The van der Waals surface area contributed by atoms with Crippen LogP contribution in [0.25, 0.3) is 21.9 Å². The van der Waals surface area contributed by atoms with Crippen LogP contribution in [-0.4, -0.2) is 82.1 Å². The molecule has 0 radical (unpaired) electrons. The van der Waals surface area contributed by atoms with Gasteiger partial charge in [0, 0.05) is 69.3 Å². The van der Waals surface area contributed by atoms with Crippen LogP contribution in [-0.2, 0) is 16.1 Å². The Bertz CT molecular complexity index is 1470. The molecule has 4 aromatic rings. The summed E-state index contributed by atoms with van der Waals surface area (Å²) in [6.45, 7) is 8.61. The number of pyridine rings is 1. The van der Waals surface area contributed by atoms with Crippen molar-refractivity contribution in [2.75, 3.05) is 44.8 Å². The third-order valence-electron chi connectivity index (χ3n) is 6.85. The van der Waals surface area contributed by atoms with E-state index in [1.165, 1.54) is 10.9 Å². The standard InChI is InChI=1S/C26H31N5O2.C2HF3O2/c1-19(2)31-22-7-5-4-6-21(22)25-23(31)18-24(30(25)16-17-33-3)26(32)29-14-12-28(13-15-29)20-8-10-27-11-9-20;3-2(4,5)1(6)7/h4-11,18-19H,12-17H2,1-3H3;(H,6,7). The second-order valence-corrected chi connectivity index (χ2v) is 9.68. The monoisotopic (exact) mass is 559 g/mol. The number of anilines is 1. The van der Waals surface area contributed by atoms with Crippen LogP contribution in [0.3, 0.4) is 0 Å². The van der Waals surface area contributed by atoms with Crippen LogP contribution in [0.4, 0.5) is 18.9 Å². The lowest BCUT2D eigenvalue weighted by atomic mass is 10.2. The number of fused-ring (bicyclic) bond motifs is 3. The molecule has 0 saturated carbocycles. The Morgan fingerprint density at radius 2 is 1.65 bits per heavy atom. The first-order chi connectivity index (χ1) is 19.0. The van der Waals surface area contributed by atoms with Crippen molar-refractivity contribution in [3.05, 3.63) is 60.6 Å². The number of carbonyl (C=O) groups excluding carboxylic acids is 1. The highest BCUT2D eigenvalue weighted by Gasteiger charge is 2.38. The van der Waals surface area contributed by atoms with Crippen molar-refractivity contribution in [1.82, 2.24) is 19.0 Å². The van der Waals surface area contributed by atoms with Gasteiger partial charge in [-0.05, 0) is 38.1 Å². The highest BCUT2D eigenvalue weighted by atomic mass is 19.4. The third-order valence-corrected chi connectivity index (χ3v) is 6.85. The number of alkyl halides is 3. The molecule has 1 amide bonds. The molecule has 1 N–H and O–H groups in total. The number of aliphatic carboxylic acids is 1. The van der Waals surface area contributed by atoms with Crippen molar-refractivity contribution < 1.29 is 32.6 Å². The number of halogens is 3. The molecule has 214 valence electrons. The molecule has 1 fully saturated rings. The Morgan fingerprint density at radius 3 is 2.23 bits per heavy atom. The van der Waals surface area contributed by atoms with Crippen LogP contribution in [0.1, 0.15) is 30.4 Å². The lowest BCUT2D eigenvalue weighted by Gasteiger charge is -2.36. The maximum absolute atomic E-state index is 13.7. The molecular weight excluding hydrogens is 527 g/mol. The number of carboxylic acid groups (broad SMARTS) is 1. The Balaban J connectivity index is 0.000000470. The molecular formula is C28H32F3N5O4. The fraction of sp³-hybridized carbons (Fsp3) is 0.393. The van der Waals surface area contributed by atoms with Crippen molar-refractivity contribution in [3.8, 4) is 0 Å². The summed E-state index contributed by atoms with van der Waals surface area (Å²) in [5, 5.41) is 8.30. The second-order valence-electron chi connectivity index (χ2n) is 9.68. The quantitative estimate of drug-likeness (QED) is 0.365. The second kappa shape index (κ2) is 12.0. The SMILES string of the molecule is COCCn1c(C(=O)N2CCN(c3ccncc3)CC2)cc2c1c1ccccc1n2C(C)C.O=C(O)C(F)(F)F. The number of benzene rings is 1. The summed E-state index contributed by atoms with van der Waals surface area (Å²) in [5.41, 5.74) is 5.34. The largest absolute Gasteiger partial charge is 0.490 e. The fourth-order valence-electron chi connectivity index (χ4n) is 5.05. The fourth-order valence-corrected chi connectivity index (χ4v) is 5.05. The first-order valence-corrected chi connectivity index (χ1v) is 12.9. The van der Waals surface area contributed by atoms with Crippen LogP contribution in [0.5, 0.6) is 0 Å². The molecule has 1 aliphatic rings. The molecule has 40 heavy (non-hydrogen) atoms. The zero-order valence-corrected chi connectivity index (χ0v) is 22.6. The molecule has 4 heterocycles. The number of amides is 1. The smallest absolute Gasteiger partial charge is 0.475 e. The Morgan fingerprint density at radius 1 is 1.02 bits per heavy atom. The number of hydrogen-bond donors (Lipinski definition) is 1. The number of aromatic nitrogens is 3. The molecule has 1 aromatic carbocycles. The molecule has 12 heteroatoms. The number of para-hydroxylation sites is 1. The van der Waals surface area contributed by atoms with Crippen molar-refractivity contribution >= 4 is 39.5 Å². The first kappa shape index (κ1) is 28.9. The molecule has 0 bridgehead atoms. The number of methoxy groups -OCH3 is 1. The van der Waals surface area contributed by atoms with E-state index in [1.54, 1.807) is 7.11 Å².